The zero-order chi connectivity index (χ0) is 65.7. The molecule has 19 heteroatoms. The molecule has 0 aliphatic rings. The lowest BCUT2D eigenvalue weighted by molar-refractivity contribution is -1.42. The molecule has 0 saturated carbocycles. The van der Waals surface area contributed by atoms with Crippen molar-refractivity contribution in [1.29, 1.82) is 0 Å². The predicted octanol–water partition coefficient (Wildman–Crippen LogP) is 15.3. The van der Waals surface area contributed by atoms with E-state index in [2.05, 4.69) is 26.0 Å². The number of unbranched alkanes of at least 4 members (excludes halogenated alkanes) is 19. The Hall–Kier alpha value is -1.47. The van der Waals surface area contributed by atoms with Crippen molar-refractivity contribution in [1.82, 2.24) is 0 Å². The molecule has 0 N–H and O–H groups in total. The second-order valence-electron chi connectivity index (χ2n) is 20.9. The number of aliphatic carboxylic acids is 1. The van der Waals surface area contributed by atoms with Crippen molar-refractivity contribution >= 4 is 5.97 Å². The highest BCUT2D eigenvalue weighted by molar-refractivity contribution is 5.64. The summed E-state index contributed by atoms with van der Waals surface area (Å²) in [5.41, 5.74) is 0. The predicted molar refractivity (Wildman–Crippen MR) is 343 cm³/mol. The molecule has 0 heterocycles. The highest BCUT2D eigenvalue weighted by atomic mass is 17.2. The summed E-state index contributed by atoms with van der Waals surface area (Å²) in [5.74, 6) is -15.4. The normalized spacial score (nSPS) is 13.4. The molecule has 0 saturated heterocycles. The Morgan fingerprint density at radius 3 is 0.954 bits per heavy atom. The standard InChI is InChI=1S/C50H104NO16.C18H34O2/c1-18-35-36-37-38-39-40-41-42-43-44(52-19-2)45(53-20-3,54-21-4)46(55-22-5,56-23-6)47(57-24-7,58-25-8)48(59-26-9,60-27-10)49(61-28-11,62-29-12)50(63-30-13,64-31-14)51(65-32-15,66-33-16)67-34-17;1-2-3-4-5-6-7-8-9-10-11-12-13-14-15-16-17-18(19)20/h44H,18-43H2,1-17H3;9-10H,2-8,11-17H2,1H3,(H,19,20)/q+1;/p-1. The van der Waals surface area contributed by atoms with Crippen molar-refractivity contribution < 1.29 is 91.0 Å². The van der Waals surface area contributed by atoms with E-state index in [1.165, 1.54) is 96.3 Å². The van der Waals surface area contributed by atoms with Crippen LogP contribution >= 0.6 is 0 Å². The third-order valence-electron chi connectivity index (χ3n) is 14.6. The topological polar surface area (TPSA) is 188 Å². The van der Waals surface area contributed by atoms with Gasteiger partial charge in [-0.25, -0.2) is 0 Å². The number of hydrogen-bond donors (Lipinski definition) is 0. The maximum atomic E-state index is 10.2. The number of carbonyl (C=O) groups is 1. The van der Waals surface area contributed by atoms with Gasteiger partial charge in [-0.1, -0.05) is 135 Å². The first kappa shape index (κ1) is 87.6. The first-order valence-corrected chi connectivity index (χ1v) is 35.2. The van der Waals surface area contributed by atoms with E-state index >= 15 is 0 Å². The van der Waals surface area contributed by atoms with Crippen molar-refractivity contribution in [3.05, 3.63) is 12.2 Å². The molecular weight excluding hydrogens is 1120 g/mol. The Labute approximate surface area is 532 Å². The molecule has 0 amide bonds. The van der Waals surface area contributed by atoms with Crippen LogP contribution in [0.25, 0.3) is 0 Å². The van der Waals surface area contributed by atoms with Gasteiger partial charge in [0.1, 0.15) is 25.9 Å². The van der Waals surface area contributed by atoms with E-state index < -0.39 is 51.9 Å². The Morgan fingerprint density at radius 2 is 0.632 bits per heavy atom. The summed E-state index contributed by atoms with van der Waals surface area (Å²) in [4.78, 5) is 28.8. The van der Waals surface area contributed by atoms with Crippen LogP contribution in [-0.2, 0) is 80.9 Å². The van der Waals surface area contributed by atoms with Gasteiger partial charge in [0.15, 0.2) is 4.97 Å². The van der Waals surface area contributed by atoms with Gasteiger partial charge in [0.05, 0.1) is 13.2 Å². The Kier molecular flexibility index (Phi) is 54.3. The number of hydroxylamine groups is 3. The molecule has 0 rings (SSSR count). The Balaban J connectivity index is 0. The molecule has 87 heavy (non-hydrogen) atoms. The molecule has 0 radical (unpaired) electrons. The third-order valence-corrected chi connectivity index (χ3v) is 14.6. The third kappa shape index (κ3) is 25.8. The van der Waals surface area contributed by atoms with E-state index in [4.69, 9.17) is 76.1 Å². The second kappa shape index (κ2) is 54.0. The molecule has 0 aliphatic heterocycles. The maximum absolute atomic E-state index is 10.2. The van der Waals surface area contributed by atoms with Crippen LogP contribution in [0.1, 0.15) is 279 Å². The second-order valence-corrected chi connectivity index (χ2v) is 20.9. The molecular formula is C68H137NO18. The summed E-state index contributed by atoms with van der Waals surface area (Å²) in [6.07, 6.45) is 30.7. The molecule has 0 spiro atoms. The molecule has 0 aromatic heterocycles. The van der Waals surface area contributed by atoms with E-state index in [9.17, 15) is 9.90 Å². The Morgan fingerprint density at radius 1 is 0.333 bits per heavy atom. The largest absolute Gasteiger partial charge is 0.550 e. The number of hydrogen-bond acceptors (Lipinski definition) is 18. The maximum Gasteiger partial charge on any atom is 0.477 e. The van der Waals surface area contributed by atoms with Crippen LogP contribution in [0.2, 0.25) is 0 Å². The number of carbonyl (C=O) groups excluding carboxylic acids is 1. The van der Waals surface area contributed by atoms with Gasteiger partial charge >= 0.3 is 11.7 Å². The molecule has 19 nitrogen and oxygen atoms in total. The molecule has 1 unspecified atom stereocenters. The first-order valence-electron chi connectivity index (χ1n) is 35.2. The van der Waals surface area contributed by atoms with Crippen molar-refractivity contribution in [2.45, 2.75) is 320 Å². The molecule has 0 aromatic carbocycles. The zero-order valence-electron chi connectivity index (χ0n) is 59.3. The van der Waals surface area contributed by atoms with Crippen LogP contribution in [0, 0.1) is 0 Å². The Bertz CT molecular complexity index is 1520. The van der Waals surface area contributed by atoms with Crippen LogP contribution in [0.5, 0.6) is 0 Å². The molecule has 522 valence electrons. The lowest BCUT2D eigenvalue weighted by Gasteiger charge is -2.65. The minimum Gasteiger partial charge on any atom is -0.550 e. The number of carboxylic acid groups (broad SMARTS) is 1. The summed E-state index contributed by atoms with van der Waals surface area (Å²) in [6, 6.07) is 0. The first-order chi connectivity index (χ1) is 42.2. The van der Waals surface area contributed by atoms with Crippen LogP contribution < -0.4 is 5.11 Å². The highest BCUT2D eigenvalue weighted by Crippen LogP contribution is 2.61. The van der Waals surface area contributed by atoms with Gasteiger partial charge in [0.25, 0.3) is 23.1 Å². The van der Waals surface area contributed by atoms with E-state index in [1.807, 2.05) is 62.3 Å². The number of ether oxygens (including phenoxy) is 13. The number of rotatable bonds is 64. The van der Waals surface area contributed by atoms with Crippen LogP contribution in [0.3, 0.4) is 0 Å². The fourth-order valence-corrected chi connectivity index (χ4v) is 11.6. The van der Waals surface area contributed by atoms with Gasteiger partial charge in [-0.15, -0.1) is 14.5 Å². The summed E-state index contributed by atoms with van der Waals surface area (Å²) in [6.45, 7) is 34.2. The molecule has 0 bridgehead atoms. The lowest BCUT2D eigenvalue weighted by Crippen LogP contribution is -2.93. The van der Waals surface area contributed by atoms with Gasteiger partial charge in [0, 0.05) is 78.6 Å². The van der Waals surface area contributed by atoms with Gasteiger partial charge in [-0.2, -0.15) is 0 Å². The fourth-order valence-electron chi connectivity index (χ4n) is 11.6. The van der Waals surface area contributed by atoms with Gasteiger partial charge in [-0.3, -0.25) is 9.47 Å². The van der Waals surface area contributed by atoms with Crippen LogP contribution in [-0.4, -0.2) is 158 Å². The van der Waals surface area contributed by atoms with Crippen molar-refractivity contribution in [2.75, 3.05) is 106 Å². The zero-order valence-corrected chi connectivity index (χ0v) is 59.3. The van der Waals surface area contributed by atoms with E-state index in [1.54, 1.807) is 48.5 Å². The average Bonchev–Trinajstić information content (AvgIpc) is 0.666. The molecule has 0 aromatic rings. The summed E-state index contributed by atoms with van der Waals surface area (Å²) >= 11 is 0. The summed E-state index contributed by atoms with van der Waals surface area (Å²) in [5, 5.41) is 10.2. The molecule has 0 aliphatic carbocycles. The van der Waals surface area contributed by atoms with Gasteiger partial charge in [-0.05, 0) is 156 Å². The average molecular weight is 1260 g/mol. The SMILES string of the molecule is CCCCCCCCC=CCCCCCCCC(=O)[O-].CCCCCCCCCCCC(OCC)C(OCC)(OCC)C(OCC)(OCC)C(OCC)(OCC)C(OCC)(OCC)C(OCC)(OCC)C(OCC)(OCC)[N+](OCC)(OCC)OCC. The van der Waals surface area contributed by atoms with Crippen molar-refractivity contribution in [3.8, 4) is 0 Å². The van der Waals surface area contributed by atoms with Gasteiger partial charge in [0.2, 0.25) is 0 Å². The minimum atomic E-state index is -2.58. The van der Waals surface area contributed by atoms with Crippen LogP contribution in [0.4, 0.5) is 0 Å². The van der Waals surface area contributed by atoms with Crippen molar-refractivity contribution in [2.24, 2.45) is 0 Å². The quantitative estimate of drug-likeness (QED) is 0.0184. The fraction of sp³-hybridized carbons (Fsp3) is 0.956. The van der Waals surface area contributed by atoms with Gasteiger partial charge < -0.3 is 62.0 Å². The van der Waals surface area contributed by atoms with Crippen LogP contribution in [0.15, 0.2) is 12.2 Å². The minimum absolute atomic E-state index is 0.0180. The van der Waals surface area contributed by atoms with Crippen molar-refractivity contribution in [3.63, 3.8) is 0 Å². The van der Waals surface area contributed by atoms with E-state index in [-0.39, 0.29) is 106 Å². The molecule has 1 atom stereocenters. The number of quaternary nitrogens is 1. The lowest BCUT2D eigenvalue weighted by atomic mass is 9.78. The van der Waals surface area contributed by atoms with E-state index in [0.717, 1.165) is 44.9 Å². The van der Waals surface area contributed by atoms with E-state index in [0.29, 0.717) is 13.0 Å². The number of carboxylic acids is 1. The monoisotopic (exact) mass is 1260 g/mol. The summed E-state index contributed by atoms with van der Waals surface area (Å²) < 4.78 is 93.5. The smallest absolute Gasteiger partial charge is 0.477 e. The highest BCUT2D eigenvalue weighted by Gasteiger charge is 2.94. The molecule has 0 fully saturated rings. The number of nitrogens with zero attached hydrogens (tertiary/aromatic N) is 1. The number of allylic oxidation sites excluding steroid dienone is 2. The summed E-state index contributed by atoms with van der Waals surface area (Å²) in [7, 11) is 0.